The molecular weight excluding hydrogens is 369 g/mol. The summed E-state index contributed by atoms with van der Waals surface area (Å²) in [5.41, 5.74) is 7.68. The van der Waals surface area contributed by atoms with Crippen molar-refractivity contribution in [3.8, 4) is 0 Å². The summed E-state index contributed by atoms with van der Waals surface area (Å²) in [5.74, 6) is 0. The predicted octanol–water partition coefficient (Wildman–Crippen LogP) is 2.07. The maximum atomic E-state index is 6.48. The number of nitrogens with two attached hydrogens (primary N) is 1. The van der Waals surface area contributed by atoms with E-state index in [1.54, 1.807) is 0 Å². The van der Waals surface area contributed by atoms with Crippen LogP contribution >= 0.6 is 35.2 Å². The normalized spacial score (nSPS) is 40.2. The van der Waals surface area contributed by atoms with Crippen LogP contribution in [0.2, 0.25) is 0 Å². The molecule has 104 valence electrons. The second-order valence-corrected chi connectivity index (χ2v) is 8.29. The number of halogens is 1. The minimum absolute atomic E-state index is 0.0932. The molecule has 4 N–H and O–H groups in total. The molecule has 5 heteroatoms. The molecular formula is C14H20IN3S. The van der Waals surface area contributed by atoms with Gasteiger partial charge in [-0.3, -0.25) is 0 Å². The number of nitrogens with one attached hydrogen (secondary N) is 2. The number of rotatable bonds is 2. The highest BCUT2D eigenvalue weighted by Gasteiger charge is 2.51. The Bertz CT molecular complexity index is 462. The molecule has 3 atom stereocenters. The SMILES string of the molecule is CC(N)(S)C1(C2=CNCC(I)=C2)CC2C=CC(C1)N2. The Morgan fingerprint density at radius 3 is 2.58 bits per heavy atom. The molecule has 3 rings (SSSR count). The molecule has 3 heterocycles. The van der Waals surface area contributed by atoms with Gasteiger partial charge in [0.25, 0.3) is 0 Å². The summed E-state index contributed by atoms with van der Waals surface area (Å²) >= 11 is 7.14. The van der Waals surface area contributed by atoms with Crippen molar-refractivity contribution < 1.29 is 0 Å². The predicted molar refractivity (Wildman–Crippen MR) is 91.3 cm³/mol. The first-order valence-corrected chi connectivity index (χ1v) is 8.19. The number of dihydropyridines is 1. The van der Waals surface area contributed by atoms with Crippen LogP contribution in [0.1, 0.15) is 19.8 Å². The zero-order chi connectivity index (χ0) is 13.7. The van der Waals surface area contributed by atoms with Crippen molar-refractivity contribution in [3.63, 3.8) is 0 Å². The summed E-state index contributed by atoms with van der Waals surface area (Å²) in [6.07, 6.45) is 11.0. The third-order valence-corrected chi connectivity index (χ3v) is 5.62. The Morgan fingerprint density at radius 2 is 2.05 bits per heavy atom. The highest BCUT2D eigenvalue weighted by Crippen LogP contribution is 2.52. The Morgan fingerprint density at radius 1 is 1.42 bits per heavy atom. The number of allylic oxidation sites excluding steroid dienone is 1. The number of fused-ring (bicyclic) bond motifs is 2. The quantitative estimate of drug-likeness (QED) is 0.253. The molecule has 0 spiro atoms. The monoisotopic (exact) mass is 389 g/mol. The van der Waals surface area contributed by atoms with Crippen molar-refractivity contribution in [2.45, 2.75) is 36.7 Å². The van der Waals surface area contributed by atoms with Crippen LogP contribution in [-0.4, -0.2) is 23.5 Å². The van der Waals surface area contributed by atoms with E-state index in [0.29, 0.717) is 12.1 Å². The molecule has 2 bridgehead atoms. The number of hydrogen-bond donors (Lipinski definition) is 4. The summed E-state index contributed by atoms with van der Waals surface area (Å²) in [6, 6.07) is 0.838. The van der Waals surface area contributed by atoms with Gasteiger partial charge in [0.05, 0.1) is 4.87 Å². The zero-order valence-corrected chi connectivity index (χ0v) is 14.0. The van der Waals surface area contributed by atoms with Gasteiger partial charge in [0.2, 0.25) is 0 Å². The average molecular weight is 389 g/mol. The summed E-state index contributed by atoms with van der Waals surface area (Å²) in [5, 5.41) is 6.96. The fourth-order valence-electron chi connectivity index (χ4n) is 3.48. The van der Waals surface area contributed by atoms with Gasteiger partial charge in [0, 0.05) is 33.8 Å². The molecule has 0 amide bonds. The van der Waals surface area contributed by atoms with E-state index >= 15 is 0 Å². The standard InChI is InChI=1S/C14H20IN3S/c1-13(16,19)14(9-4-10(15)8-17-7-9)5-11-2-3-12(6-14)18-11/h2-4,7,11-12,17-19H,5-6,8,16H2,1H3. The van der Waals surface area contributed by atoms with Crippen molar-refractivity contribution >= 4 is 35.2 Å². The molecule has 0 aromatic rings. The molecule has 3 unspecified atom stereocenters. The Balaban J connectivity index is 2.02. The minimum atomic E-state index is -0.532. The van der Waals surface area contributed by atoms with Crippen LogP contribution in [0.3, 0.4) is 0 Å². The lowest BCUT2D eigenvalue weighted by molar-refractivity contribution is 0.165. The zero-order valence-electron chi connectivity index (χ0n) is 11.0. The first-order valence-electron chi connectivity index (χ1n) is 6.66. The number of piperidine rings is 1. The summed E-state index contributed by atoms with van der Waals surface area (Å²) in [4.78, 5) is -0.532. The van der Waals surface area contributed by atoms with E-state index in [1.807, 2.05) is 6.92 Å². The lowest BCUT2D eigenvalue weighted by atomic mass is 9.65. The Hall–Kier alpha value is 0.0200. The van der Waals surface area contributed by atoms with Gasteiger partial charge in [-0.2, -0.15) is 12.6 Å². The van der Waals surface area contributed by atoms with Gasteiger partial charge in [-0.25, -0.2) is 0 Å². The second-order valence-electron chi connectivity index (χ2n) is 5.97. The van der Waals surface area contributed by atoms with E-state index in [2.05, 4.69) is 57.7 Å². The Labute approximate surface area is 133 Å². The van der Waals surface area contributed by atoms with Gasteiger partial charge >= 0.3 is 0 Å². The fraction of sp³-hybridized carbons (Fsp3) is 0.571. The van der Waals surface area contributed by atoms with E-state index < -0.39 is 4.87 Å². The molecule has 0 aromatic heterocycles. The van der Waals surface area contributed by atoms with Crippen LogP contribution in [-0.2, 0) is 0 Å². The van der Waals surface area contributed by atoms with Crippen LogP contribution in [0.25, 0.3) is 0 Å². The molecule has 3 aliphatic rings. The largest absolute Gasteiger partial charge is 0.386 e. The molecule has 19 heavy (non-hydrogen) atoms. The smallest absolute Gasteiger partial charge is 0.0661 e. The van der Waals surface area contributed by atoms with E-state index in [9.17, 15) is 0 Å². The van der Waals surface area contributed by atoms with Crippen LogP contribution in [0.15, 0.2) is 33.6 Å². The maximum Gasteiger partial charge on any atom is 0.0661 e. The molecule has 0 radical (unpaired) electrons. The van der Waals surface area contributed by atoms with Crippen LogP contribution in [0.4, 0.5) is 0 Å². The van der Waals surface area contributed by atoms with Gasteiger partial charge < -0.3 is 16.4 Å². The van der Waals surface area contributed by atoms with Crippen LogP contribution in [0.5, 0.6) is 0 Å². The van der Waals surface area contributed by atoms with E-state index in [4.69, 9.17) is 18.4 Å². The third kappa shape index (κ3) is 2.39. The lowest BCUT2D eigenvalue weighted by Gasteiger charge is -2.50. The van der Waals surface area contributed by atoms with E-state index in [-0.39, 0.29) is 5.41 Å². The molecule has 1 saturated heterocycles. The third-order valence-electron chi connectivity index (χ3n) is 4.50. The van der Waals surface area contributed by atoms with Gasteiger partial charge in [-0.05, 0) is 54.0 Å². The van der Waals surface area contributed by atoms with Crippen molar-refractivity contribution in [1.29, 1.82) is 0 Å². The van der Waals surface area contributed by atoms with Gasteiger partial charge in [0.15, 0.2) is 0 Å². The lowest BCUT2D eigenvalue weighted by Crippen LogP contribution is -2.58. The summed E-state index contributed by atoms with van der Waals surface area (Å²) in [6.45, 7) is 2.95. The first-order chi connectivity index (χ1) is 8.91. The van der Waals surface area contributed by atoms with Crippen molar-refractivity contribution in [2.24, 2.45) is 11.1 Å². The van der Waals surface area contributed by atoms with Gasteiger partial charge in [-0.1, -0.05) is 12.2 Å². The summed E-state index contributed by atoms with van der Waals surface area (Å²) in [7, 11) is 0. The minimum Gasteiger partial charge on any atom is -0.386 e. The second kappa shape index (κ2) is 4.79. The van der Waals surface area contributed by atoms with E-state index in [0.717, 1.165) is 19.4 Å². The van der Waals surface area contributed by atoms with Crippen LogP contribution < -0.4 is 16.4 Å². The topological polar surface area (TPSA) is 50.1 Å². The van der Waals surface area contributed by atoms with Crippen molar-refractivity contribution in [1.82, 2.24) is 10.6 Å². The number of thiol groups is 1. The molecule has 0 saturated carbocycles. The first kappa shape index (κ1) is 14.0. The number of hydrogen-bond acceptors (Lipinski definition) is 4. The van der Waals surface area contributed by atoms with Crippen molar-refractivity contribution in [3.05, 3.63) is 33.6 Å². The molecule has 0 aliphatic carbocycles. The molecule has 1 fully saturated rings. The summed E-state index contributed by atoms with van der Waals surface area (Å²) < 4.78 is 1.32. The average Bonchev–Trinajstić information content (AvgIpc) is 2.67. The highest BCUT2D eigenvalue weighted by atomic mass is 127. The molecule has 3 nitrogen and oxygen atoms in total. The van der Waals surface area contributed by atoms with Crippen LogP contribution in [0, 0.1) is 5.41 Å². The van der Waals surface area contributed by atoms with E-state index in [1.165, 1.54) is 9.15 Å². The van der Waals surface area contributed by atoms with Crippen molar-refractivity contribution in [2.75, 3.05) is 6.54 Å². The molecule has 0 aromatic carbocycles. The van der Waals surface area contributed by atoms with Gasteiger partial charge in [0.1, 0.15) is 0 Å². The Kier molecular flexibility index (Phi) is 3.52. The molecule has 3 aliphatic heterocycles. The highest BCUT2D eigenvalue weighted by molar-refractivity contribution is 14.1. The van der Waals surface area contributed by atoms with Gasteiger partial charge in [-0.15, -0.1) is 0 Å². The maximum absolute atomic E-state index is 6.48. The fourth-order valence-corrected chi connectivity index (χ4v) is 4.35.